The Hall–Kier alpha value is -2.55. The minimum atomic E-state index is -0.872. The topological polar surface area (TPSA) is 93.4 Å². The second-order valence-electron chi connectivity index (χ2n) is 5.94. The molecule has 2 rings (SSSR count). The number of aliphatic carboxylic acids is 1. The van der Waals surface area contributed by atoms with Crippen LogP contribution in [-0.2, 0) is 4.79 Å². The molecule has 0 saturated carbocycles. The van der Waals surface area contributed by atoms with Crippen molar-refractivity contribution in [1.82, 2.24) is 10.2 Å². The van der Waals surface area contributed by atoms with E-state index in [0.29, 0.717) is 18.5 Å². The Morgan fingerprint density at radius 2 is 2.05 bits per heavy atom. The Labute approximate surface area is 129 Å². The average molecular weight is 301 g/mol. The van der Waals surface area contributed by atoms with Gasteiger partial charge in [-0.25, -0.2) is 4.79 Å². The first-order chi connectivity index (χ1) is 10.4. The number of nitrogens with one attached hydrogen (secondary N) is 1. The maximum absolute atomic E-state index is 12.2. The molecule has 6 heteroatoms. The molecule has 2 unspecified atom stereocenters. The lowest BCUT2D eigenvalue weighted by molar-refractivity contribution is -0.146. The van der Waals surface area contributed by atoms with Crippen LogP contribution in [0.3, 0.4) is 0 Å². The number of benzene rings is 1. The SMILES string of the molecule is CC(NC(=O)N1CCC(C)(C(=O)O)C1)c1ccc(C#N)cc1. The molecular formula is C16H19N3O3. The molecule has 2 amide bonds. The zero-order valence-electron chi connectivity index (χ0n) is 12.7. The number of likely N-dealkylation sites (tertiary alicyclic amines) is 1. The van der Waals surface area contributed by atoms with Gasteiger partial charge in [-0.15, -0.1) is 0 Å². The van der Waals surface area contributed by atoms with Crippen LogP contribution < -0.4 is 5.32 Å². The van der Waals surface area contributed by atoms with E-state index in [4.69, 9.17) is 5.26 Å². The van der Waals surface area contributed by atoms with Gasteiger partial charge in [0.15, 0.2) is 0 Å². The molecular weight excluding hydrogens is 282 g/mol. The quantitative estimate of drug-likeness (QED) is 0.894. The summed E-state index contributed by atoms with van der Waals surface area (Å²) in [7, 11) is 0. The third kappa shape index (κ3) is 3.19. The summed E-state index contributed by atoms with van der Waals surface area (Å²) < 4.78 is 0. The predicted octanol–water partition coefficient (Wildman–Crippen LogP) is 2.13. The number of carboxylic acid groups (broad SMARTS) is 1. The van der Waals surface area contributed by atoms with Crippen LogP contribution in [0.4, 0.5) is 4.79 Å². The fourth-order valence-electron chi connectivity index (χ4n) is 2.52. The highest BCUT2D eigenvalue weighted by atomic mass is 16.4. The molecule has 1 aliphatic rings. The normalized spacial score (nSPS) is 22.0. The van der Waals surface area contributed by atoms with E-state index in [9.17, 15) is 14.7 Å². The van der Waals surface area contributed by atoms with Gasteiger partial charge in [-0.2, -0.15) is 5.26 Å². The lowest BCUT2D eigenvalue weighted by Gasteiger charge is -2.23. The predicted molar refractivity (Wildman–Crippen MR) is 80.0 cm³/mol. The zero-order valence-corrected chi connectivity index (χ0v) is 12.7. The molecule has 0 spiro atoms. The number of carboxylic acids is 1. The van der Waals surface area contributed by atoms with E-state index in [0.717, 1.165) is 5.56 Å². The van der Waals surface area contributed by atoms with E-state index in [1.807, 2.05) is 13.0 Å². The molecule has 1 aliphatic heterocycles. The molecule has 0 radical (unpaired) electrons. The zero-order chi connectivity index (χ0) is 16.3. The first kappa shape index (κ1) is 15.8. The van der Waals surface area contributed by atoms with Gasteiger partial charge in [0.2, 0.25) is 0 Å². The summed E-state index contributed by atoms with van der Waals surface area (Å²) in [6.45, 7) is 4.17. The van der Waals surface area contributed by atoms with Gasteiger partial charge < -0.3 is 15.3 Å². The van der Waals surface area contributed by atoms with Crippen molar-refractivity contribution < 1.29 is 14.7 Å². The first-order valence-corrected chi connectivity index (χ1v) is 7.14. The average Bonchev–Trinajstić information content (AvgIpc) is 2.91. The second kappa shape index (κ2) is 6.06. The smallest absolute Gasteiger partial charge is 0.317 e. The maximum atomic E-state index is 12.2. The minimum Gasteiger partial charge on any atom is -0.481 e. The molecule has 1 aromatic rings. The summed E-state index contributed by atoms with van der Waals surface area (Å²) in [5.74, 6) is -0.872. The van der Waals surface area contributed by atoms with Gasteiger partial charge >= 0.3 is 12.0 Å². The van der Waals surface area contributed by atoms with E-state index >= 15 is 0 Å². The number of nitriles is 1. The lowest BCUT2D eigenvalue weighted by atomic mass is 9.90. The van der Waals surface area contributed by atoms with Crippen molar-refractivity contribution in [3.8, 4) is 6.07 Å². The Morgan fingerprint density at radius 3 is 2.55 bits per heavy atom. The number of rotatable bonds is 3. The molecule has 6 nitrogen and oxygen atoms in total. The standard InChI is InChI=1S/C16H19N3O3/c1-11(13-5-3-12(9-17)4-6-13)18-15(22)19-8-7-16(2,10-19)14(20)21/h3-6,11H,7-8,10H2,1-2H3,(H,18,22)(H,20,21). The molecule has 1 aromatic carbocycles. The van der Waals surface area contributed by atoms with Gasteiger partial charge in [0.1, 0.15) is 0 Å². The Bertz CT molecular complexity index is 621. The van der Waals surface area contributed by atoms with Gasteiger partial charge in [0.05, 0.1) is 23.1 Å². The van der Waals surface area contributed by atoms with Gasteiger partial charge in [0.25, 0.3) is 0 Å². The Kier molecular flexibility index (Phi) is 4.36. The summed E-state index contributed by atoms with van der Waals surface area (Å²) in [6, 6.07) is 8.58. The molecule has 0 aromatic heterocycles. The van der Waals surface area contributed by atoms with E-state index in [1.54, 1.807) is 31.2 Å². The van der Waals surface area contributed by atoms with Crippen molar-refractivity contribution in [3.63, 3.8) is 0 Å². The number of hydrogen-bond donors (Lipinski definition) is 2. The van der Waals surface area contributed by atoms with Crippen LogP contribution in [0, 0.1) is 16.7 Å². The molecule has 116 valence electrons. The van der Waals surface area contributed by atoms with Crippen molar-refractivity contribution in [2.45, 2.75) is 26.3 Å². The van der Waals surface area contributed by atoms with Gasteiger partial charge in [0, 0.05) is 13.1 Å². The molecule has 1 fully saturated rings. The van der Waals surface area contributed by atoms with Crippen molar-refractivity contribution in [2.24, 2.45) is 5.41 Å². The van der Waals surface area contributed by atoms with Crippen LogP contribution in [-0.4, -0.2) is 35.1 Å². The number of carbonyl (C=O) groups excluding carboxylic acids is 1. The van der Waals surface area contributed by atoms with E-state index in [1.165, 1.54) is 4.90 Å². The fraction of sp³-hybridized carbons (Fsp3) is 0.438. The summed E-state index contributed by atoms with van der Waals surface area (Å²) in [5, 5.41) is 20.8. The highest BCUT2D eigenvalue weighted by Gasteiger charge is 2.42. The van der Waals surface area contributed by atoms with Crippen LogP contribution in [0.2, 0.25) is 0 Å². The number of carbonyl (C=O) groups is 2. The summed E-state index contributed by atoms with van der Waals surface area (Å²) in [5.41, 5.74) is 0.598. The molecule has 1 saturated heterocycles. The fourth-order valence-corrected chi connectivity index (χ4v) is 2.52. The molecule has 1 heterocycles. The molecule has 2 N–H and O–H groups in total. The van der Waals surface area contributed by atoms with Crippen molar-refractivity contribution in [3.05, 3.63) is 35.4 Å². The van der Waals surface area contributed by atoms with Crippen molar-refractivity contribution in [1.29, 1.82) is 5.26 Å². The molecule has 0 aliphatic carbocycles. The highest BCUT2D eigenvalue weighted by molar-refractivity contribution is 5.79. The lowest BCUT2D eigenvalue weighted by Crippen LogP contribution is -2.41. The number of amides is 2. The van der Waals surface area contributed by atoms with Crippen LogP contribution in [0.5, 0.6) is 0 Å². The van der Waals surface area contributed by atoms with E-state index < -0.39 is 11.4 Å². The van der Waals surface area contributed by atoms with Crippen molar-refractivity contribution in [2.75, 3.05) is 13.1 Å². The monoisotopic (exact) mass is 301 g/mol. The molecule has 22 heavy (non-hydrogen) atoms. The molecule has 2 atom stereocenters. The highest BCUT2D eigenvalue weighted by Crippen LogP contribution is 2.30. The third-order valence-electron chi connectivity index (χ3n) is 4.16. The Balaban J connectivity index is 1.97. The van der Waals surface area contributed by atoms with E-state index in [2.05, 4.69) is 5.32 Å². The van der Waals surface area contributed by atoms with Crippen LogP contribution in [0.15, 0.2) is 24.3 Å². The number of hydrogen-bond acceptors (Lipinski definition) is 3. The van der Waals surface area contributed by atoms with Crippen LogP contribution >= 0.6 is 0 Å². The summed E-state index contributed by atoms with van der Waals surface area (Å²) >= 11 is 0. The number of urea groups is 1. The summed E-state index contributed by atoms with van der Waals surface area (Å²) in [4.78, 5) is 25.0. The molecule has 0 bridgehead atoms. The largest absolute Gasteiger partial charge is 0.481 e. The maximum Gasteiger partial charge on any atom is 0.317 e. The Morgan fingerprint density at radius 1 is 1.41 bits per heavy atom. The van der Waals surface area contributed by atoms with Gasteiger partial charge in [-0.1, -0.05) is 12.1 Å². The van der Waals surface area contributed by atoms with Crippen molar-refractivity contribution >= 4 is 12.0 Å². The van der Waals surface area contributed by atoms with Crippen LogP contribution in [0.25, 0.3) is 0 Å². The van der Waals surface area contributed by atoms with Gasteiger partial charge in [-0.3, -0.25) is 4.79 Å². The minimum absolute atomic E-state index is 0.211. The second-order valence-corrected chi connectivity index (χ2v) is 5.94. The van der Waals surface area contributed by atoms with Gasteiger partial charge in [-0.05, 0) is 38.0 Å². The van der Waals surface area contributed by atoms with Crippen LogP contribution in [0.1, 0.15) is 37.4 Å². The third-order valence-corrected chi connectivity index (χ3v) is 4.16. The number of nitrogens with zero attached hydrogens (tertiary/aromatic N) is 2. The van der Waals surface area contributed by atoms with E-state index in [-0.39, 0.29) is 18.6 Å². The first-order valence-electron chi connectivity index (χ1n) is 7.14. The summed E-state index contributed by atoms with van der Waals surface area (Å²) in [6.07, 6.45) is 0.459.